The summed E-state index contributed by atoms with van der Waals surface area (Å²) in [5.74, 6) is -15.2. The van der Waals surface area contributed by atoms with Gasteiger partial charge in [0.15, 0.2) is 0 Å². The van der Waals surface area contributed by atoms with Crippen molar-refractivity contribution in [1.82, 2.24) is 5.32 Å². The zero-order valence-corrected chi connectivity index (χ0v) is 18.4. The van der Waals surface area contributed by atoms with Gasteiger partial charge in [-0.2, -0.15) is 52.3 Å². The van der Waals surface area contributed by atoms with Crippen LogP contribution in [0, 0.1) is 0 Å². The quantitative estimate of drug-likeness (QED) is 0.0882. The van der Waals surface area contributed by atoms with Crippen LogP contribution in [-0.2, 0) is 29.2 Å². The molecule has 0 heterocycles. The van der Waals surface area contributed by atoms with Crippen molar-refractivity contribution in [2.45, 2.75) is 61.9 Å². The molecule has 2 N–H and O–H groups in total. The molecule has 19 heteroatoms. The Labute approximate surface area is 191 Å². The average Bonchev–Trinajstić information content (AvgIpc) is 2.67. The van der Waals surface area contributed by atoms with Crippen LogP contribution in [0.25, 0.3) is 0 Å². The fraction of sp³-hybridized carbons (Fsp3) is 0.750. The van der Waals surface area contributed by atoms with E-state index in [1.807, 2.05) is 0 Å². The smallest absolute Gasteiger partial charge is 0.412 e. The zero-order chi connectivity index (χ0) is 28.1. The van der Waals surface area contributed by atoms with Gasteiger partial charge in [0, 0.05) is 13.0 Å². The number of hydrogen-bond acceptors (Lipinski definition) is 6. The molecule has 0 spiro atoms. The van der Waals surface area contributed by atoms with Crippen LogP contribution >= 0.6 is 0 Å². The predicted octanol–water partition coefficient (Wildman–Crippen LogP) is 3.74. The maximum Gasteiger partial charge on any atom is 0.466 e. The second-order valence-corrected chi connectivity index (χ2v) is 8.20. The third-order valence-corrected chi connectivity index (χ3v) is 4.92. The van der Waals surface area contributed by atoms with E-state index in [2.05, 4.69) is 16.1 Å². The zero-order valence-electron chi connectivity index (χ0n) is 17.5. The van der Waals surface area contributed by atoms with E-state index in [0.29, 0.717) is 0 Å². The maximum atomic E-state index is 13.7. The van der Waals surface area contributed by atoms with Crippen LogP contribution in [0.2, 0.25) is 0 Å². The molecule has 0 aromatic carbocycles. The van der Waals surface area contributed by atoms with E-state index in [1.165, 1.54) is 6.92 Å². The maximum absolute atomic E-state index is 13.7. The normalized spacial score (nSPS) is 15.3. The molecule has 0 saturated carbocycles. The molecule has 206 valence electrons. The first-order chi connectivity index (χ1) is 15.5. The molecule has 0 aromatic rings. The fourth-order valence-corrected chi connectivity index (χ4v) is 2.55. The number of ether oxygens (including phenoxy) is 2. The highest BCUT2D eigenvalue weighted by molar-refractivity contribution is 7.87. The number of halogens is 10. The van der Waals surface area contributed by atoms with Crippen molar-refractivity contribution >= 4 is 22.0 Å². The van der Waals surface area contributed by atoms with Gasteiger partial charge in [-0.05, 0) is 19.3 Å². The highest BCUT2D eigenvalue weighted by Crippen LogP contribution is 2.42. The van der Waals surface area contributed by atoms with E-state index in [-0.39, 0.29) is 6.42 Å². The lowest BCUT2D eigenvalue weighted by Gasteiger charge is -2.33. The van der Waals surface area contributed by atoms with E-state index in [4.69, 9.17) is 4.55 Å². The summed E-state index contributed by atoms with van der Waals surface area (Å²) in [4.78, 5) is 23.7. The first-order valence-electron chi connectivity index (χ1n) is 9.19. The number of alkyl halides is 10. The van der Waals surface area contributed by atoms with Crippen LogP contribution in [0.3, 0.4) is 0 Å². The second-order valence-electron chi connectivity index (χ2n) is 6.74. The van der Waals surface area contributed by atoms with Crippen molar-refractivity contribution in [2.24, 2.45) is 0 Å². The molecule has 0 aliphatic heterocycles. The fourth-order valence-electron chi connectivity index (χ4n) is 2.07. The first-order valence-corrected chi connectivity index (χ1v) is 10.6. The second kappa shape index (κ2) is 11.3. The number of carbonyl (C=O) groups excluding carboxylic acids is 2. The molecule has 0 radical (unpaired) electrons. The Kier molecular flexibility index (Phi) is 10.6. The molecule has 1 unspecified atom stereocenters. The molecule has 35 heavy (non-hydrogen) atoms. The highest BCUT2D eigenvalue weighted by atomic mass is 32.2. The third-order valence-electron chi connectivity index (χ3n) is 3.97. The van der Waals surface area contributed by atoms with Gasteiger partial charge in [0.2, 0.25) is 0 Å². The Bertz CT molecular complexity index is 886. The number of esters is 1. The van der Waals surface area contributed by atoms with E-state index in [9.17, 15) is 61.9 Å². The van der Waals surface area contributed by atoms with Crippen molar-refractivity contribution in [3.63, 3.8) is 0 Å². The Morgan fingerprint density at radius 3 is 1.89 bits per heavy atom. The Hall–Kier alpha value is -2.15. The molecule has 0 bridgehead atoms. The van der Waals surface area contributed by atoms with E-state index in [0.717, 1.165) is 0 Å². The predicted molar refractivity (Wildman–Crippen MR) is 94.6 cm³/mol. The van der Waals surface area contributed by atoms with Crippen molar-refractivity contribution in [3.05, 3.63) is 12.2 Å². The summed E-state index contributed by atoms with van der Waals surface area (Å²) >= 11 is 0. The summed E-state index contributed by atoms with van der Waals surface area (Å²) in [7, 11) is -6.57. The number of unbranched alkanes of at least 4 members (excludes halogenated alkanes) is 1. The van der Waals surface area contributed by atoms with Crippen LogP contribution < -0.4 is 5.32 Å². The molecule has 0 aromatic heterocycles. The third kappa shape index (κ3) is 7.92. The van der Waals surface area contributed by atoms with Gasteiger partial charge in [0.25, 0.3) is 0 Å². The van der Waals surface area contributed by atoms with Crippen molar-refractivity contribution in [2.75, 3.05) is 13.2 Å². The van der Waals surface area contributed by atoms with Gasteiger partial charge in [-0.1, -0.05) is 13.5 Å². The molecule has 0 saturated heterocycles. The van der Waals surface area contributed by atoms with Gasteiger partial charge in [0.1, 0.15) is 5.57 Å². The standard InChI is InChI=1S/C16H19F10NO7S/c1-3-7-27-11(29)13(15(22,23)24,34-10(28)9(2)14(19,20)21)33-8-5-4-6-12(17,18)16(25,26)35(30,31)32/h2-8H2,1H3,(H,27,29)(H,30,31,32). The highest BCUT2D eigenvalue weighted by Gasteiger charge is 2.67. The van der Waals surface area contributed by atoms with Crippen molar-refractivity contribution in [3.8, 4) is 0 Å². The molecule has 1 amide bonds. The summed E-state index contributed by atoms with van der Waals surface area (Å²) in [6.45, 7) is 1.59. The number of rotatable bonds is 13. The Balaban J connectivity index is 5.74. The topological polar surface area (TPSA) is 119 Å². The van der Waals surface area contributed by atoms with Gasteiger partial charge in [-0.25, -0.2) is 4.79 Å². The number of nitrogens with one attached hydrogen (secondary N) is 1. The summed E-state index contributed by atoms with van der Waals surface area (Å²) in [5.41, 5.74) is -2.45. The van der Waals surface area contributed by atoms with Crippen LogP contribution in [0.4, 0.5) is 43.9 Å². The monoisotopic (exact) mass is 559 g/mol. The van der Waals surface area contributed by atoms with Crippen LogP contribution in [0.15, 0.2) is 12.2 Å². The van der Waals surface area contributed by atoms with E-state index in [1.54, 1.807) is 5.32 Å². The molecule has 0 aliphatic carbocycles. The van der Waals surface area contributed by atoms with Crippen LogP contribution in [0.1, 0.15) is 32.6 Å². The SMILES string of the molecule is C=C(C(=O)OC(OCCCCC(F)(F)C(F)(F)S(=O)(=O)O)(C(=O)NCCC)C(F)(F)F)C(F)(F)F. The molecular formula is C16H19F10NO7S. The number of hydrogen-bond donors (Lipinski definition) is 2. The molecule has 0 aliphatic rings. The number of carbonyl (C=O) groups is 2. The van der Waals surface area contributed by atoms with Gasteiger partial charge in [-0.3, -0.25) is 9.35 Å². The number of amides is 1. The first kappa shape index (κ1) is 32.8. The largest absolute Gasteiger partial charge is 0.466 e. The minimum Gasteiger partial charge on any atom is -0.412 e. The molecule has 8 nitrogen and oxygen atoms in total. The van der Waals surface area contributed by atoms with Gasteiger partial charge < -0.3 is 14.8 Å². The Morgan fingerprint density at radius 2 is 1.49 bits per heavy atom. The van der Waals surface area contributed by atoms with Crippen molar-refractivity contribution < 1.29 is 75.9 Å². The molecule has 0 rings (SSSR count). The summed E-state index contributed by atoms with van der Waals surface area (Å²) in [5, 5.41) is -4.38. The lowest BCUT2D eigenvalue weighted by Crippen LogP contribution is -2.62. The lowest BCUT2D eigenvalue weighted by atomic mass is 10.1. The van der Waals surface area contributed by atoms with Gasteiger partial charge in [0.05, 0.1) is 6.61 Å². The summed E-state index contributed by atoms with van der Waals surface area (Å²) in [6, 6.07) is 0. The summed E-state index contributed by atoms with van der Waals surface area (Å²) in [6.07, 6.45) is -15.9. The van der Waals surface area contributed by atoms with Crippen LogP contribution in [0.5, 0.6) is 0 Å². The molecular weight excluding hydrogens is 540 g/mol. The van der Waals surface area contributed by atoms with Crippen molar-refractivity contribution in [1.29, 1.82) is 0 Å². The van der Waals surface area contributed by atoms with E-state index >= 15 is 0 Å². The van der Waals surface area contributed by atoms with Gasteiger partial charge >= 0.3 is 51.3 Å². The molecule has 1 atom stereocenters. The Morgan fingerprint density at radius 1 is 0.971 bits per heavy atom. The minimum absolute atomic E-state index is 0.0000573. The lowest BCUT2D eigenvalue weighted by molar-refractivity contribution is -0.347. The van der Waals surface area contributed by atoms with E-state index < -0.39 is 89.3 Å². The van der Waals surface area contributed by atoms with Crippen LogP contribution in [-0.4, -0.2) is 67.3 Å². The van der Waals surface area contributed by atoms with Gasteiger partial charge in [-0.15, -0.1) is 0 Å². The minimum atomic E-state index is -6.57. The average molecular weight is 559 g/mol. The molecule has 0 fully saturated rings. The summed E-state index contributed by atoms with van der Waals surface area (Å²) < 4.78 is 169.